The Kier molecular flexibility index (Phi) is 4.61. The zero-order chi connectivity index (χ0) is 13.0. The van der Waals surface area contributed by atoms with Crippen molar-refractivity contribution in [3.05, 3.63) is 29.8 Å². The molecule has 100 valence electrons. The van der Waals surface area contributed by atoms with Crippen molar-refractivity contribution in [2.24, 2.45) is 0 Å². The third kappa shape index (κ3) is 3.03. The molecule has 1 fully saturated rings. The molecule has 0 aliphatic heterocycles. The Morgan fingerprint density at radius 2 is 2.00 bits per heavy atom. The topological polar surface area (TPSA) is 41.5 Å². The Morgan fingerprint density at radius 3 is 2.50 bits per heavy atom. The summed E-state index contributed by atoms with van der Waals surface area (Å²) < 4.78 is 5.16. The molecule has 2 rings (SSSR count). The summed E-state index contributed by atoms with van der Waals surface area (Å²) in [6.07, 6.45) is 3.33. The quantitative estimate of drug-likeness (QED) is 0.813. The second-order valence-corrected chi connectivity index (χ2v) is 5.09. The minimum absolute atomic E-state index is 0.236. The molecular formula is C15H23NO2. The molecular weight excluding hydrogens is 226 g/mol. The van der Waals surface area contributed by atoms with E-state index in [1.807, 2.05) is 12.1 Å². The van der Waals surface area contributed by atoms with E-state index in [9.17, 15) is 0 Å². The van der Waals surface area contributed by atoms with Crippen LogP contribution < -0.4 is 10.1 Å². The molecule has 1 unspecified atom stereocenters. The Balaban J connectivity index is 1.81. The van der Waals surface area contributed by atoms with Crippen LogP contribution in [0.15, 0.2) is 24.3 Å². The number of rotatable bonds is 6. The lowest BCUT2D eigenvalue weighted by molar-refractivity contribution is 0.193. The number of hydrogen-bond acceptors (Lipinski definition) is 3. The average molecular weight is 249 g/mol. The summed E-state index contributed by atoms with van der Waals surface area (Å²) in [5.74, 6) is 1.57. The van der Waals surface area contributed by atoms with Crippen LogP contribution in [0.3, 0.4) is 0 Å². The van der Waals surface area contributed by atoms with Gasteiger partial charge in [0.1, 0.15) is 5.75 Å². The molecule has 1 aliphatic rings. The second-order valence-electron chi connectivity index (χ2n) is 5.09. The van der Waals surface area contributed by atoms with Crippen LogP contribution >= 0.6 is 0 Å². The molecule has 0 amide bonds. The number of methoxy groups -OCH3 is 1. The maximum Gasteiger partial charge on any atom is 0.118 e. The number of aliphatic hydroxyl groups is 1. The highest BCUT2D eigenvalue weighted by Gasteiger charge is 2.31. The van der Waals surface area contributed by atoms with E-state index < -0.39 is 0 Å². The van der Waals surface area contributed by atoms with Gasteiger partial charge in [0.25, 0.3) is 0 Å². The molecule has 0 aromatic heterocycles. The summed E-state index contributed by atoms with van der Waals surface area (Å²) in [7, 11) is 1.69. The Morgan fingerprint density at radius 1 is 1.33 bits per heavy atom. The maximum atomic E-state index is 9.16. The lowest BCUT2D eigenvalue weighted by atomic mass is 9.75. The summed E-state index contributed by atoms with van der Waals surface area (Å²) in [4.78, 5) is 0. The number of aliphatic hydroxyl groups excluding tert-OH is 1. The van der Waals surface area contributed by atoms with Gasteiger partial charge in [-0.1, -0.05) is 19.1 Å². The van der Waals surface area contributed by atoms with Gasteiger partial charge < -0.3 is 15.2 Å². The van der Waals surface area contributed by atoms with Crippen LogP contribution in [-0.2, 0) is 0 Å². The molecule has 1 aliphatic carbocycles. The minimum atomic E-state index is 0.236. The normalized spacial score (nSPS) is 24.4. The fourth-order valence-electron chi connectivity index (χ4n) is 2.54. The van der Waals surface area contributed by atoms with Crippen LogP contribution in [0, 0.1) is 0 Å². The zero-order valence-corrected chi connectivity index (χ0v) is 11.2. The largest absolute Gasteiger partial charge is 0.497 e. The molecule has 2 N–H and O–H groups in total. The molecule has 0 radical (unpaired) electrons. The molecule has 0 saturated heterocycles. The van der Waals surface area contributed by atoms with Crippen molar-refractivity contribution in [1.29, 1.82) is 0 Å². The first-order valence-electron chi connectivity index (χ1n) is 6.77. The standard InChI is InChI=1S/C15H23NO2/c1-3-13(10-17)16-14-8-12(9-14)11-4-6-15(18-2)7-5-11/h4-7,12-14,16-17H,3,8-10H2,1-2H3. The average Bonchev–Trinajstić information content (AvgIpc) is 2.38. The molecule has 18 heavy (non-hydrogen) atoms. The van der Waals surface area contributed by atoms with Gasteiger partial charge in [0.05, 0.1) is 13.7 Å². The Labute approximate surface area is 109 Å². The highest BCUT2D eigenvalue weighted by Crippen LogP contribution is 2.37. The van der Waals surface area contributed by atoms with E-state index in [4.69, 9.17) is 9.84 Å². The van der Waals surface area contributed by atoms with Gasteiger partial charge in [0.2, 0.25) is 0 Å². The Hall–Kier alpha value is -1.06. The van der Waals surface area contributed by atoms with Crippen LogP contribution in [0.4, 0.5) is 0 Å². The van der Waals surface area contributed by atoms with Crippen LogP contribution in [0.2, 0.25) is 0 Å². The molecule has 0 spiro atoms. The van der Waals surface area contributed by atoms with Gasteiger partial charge in [0.15, 0.2) is 0 Å². The molecule has 3 nitrogen and oxygen atoms in total. The molecule has 1 aromatic rings. The summed E-state index contributed by atoms with van der Waals surface area (Å²) >= 11 is 0. The third-order valence-corrected chi connectivity index (χ3v) is 3.91. The third-order valence-electron chi connectivity index (χ3n) is 3.91. The van der Waals surface area contributed by atoms with Crippen LogP contribution in [0.5, 0.6) is 5.75 Å². The van der Waals surface area contributed by atoms with Crippen LogP contribution in [0.25, 0.3) is 0 Å². The van der Waals surface area contributed by atoms with Crippen molar-refractivity contribution in [2.45, 2.75) is 44.2 Å². The highest BCUT2D eigenvalue weighted by molar-refractivity contribution is 5.30. The SMILES string of the molecule is CCC(CO)NC1CC(c2ccc(OC)cc2)C1. The van der Waals surface area contributed by atoms with Crippen molar-refractivity contribution >= 4 is 0 Å². The molecule has 0 bridgehead atoms. The predicted octanol–water partition coefficient (Wildman–Crippen LogP) is 2.30. The molecule has 3 heteroatoms. The lowest BCUT2D eigenvalue weighted by Gasteiger charge is -2.38. The number of ether oxygens (including phenoxy) is 1. The smallest absolute Gasteiger partial charge is 0.118 e. The van der Waals surface area contributed by atoms with E-state index in [0.717, 1.165) is 12.2 Å². The van der Waals surface area contributed by atoms with Crippen molar-refractivity contribution in [1.82, 2.24) is 5.32 Å². The maximum absolute atomic E-state index is 9.16. The summed E-state index contributed by atoms with van der Waals surface area (Å²) in [5, 5.41) is 12.7. The van der Waals surface area contributed by atoms with Crippen LogP contribution in [0.1, 0.15) is 37.7 Å². The van der Waals surface area contributed by atoms with E-state index in [-0.39, 0.29) is 12.6 Å². The summed E-state index contributed by atoms with van der Waals surface area (Å²) in [6.45, 7) is 2.34. The first-order chi connectivity index (χ1) is 8.76. The van der Waals surface area contributed by atoms with E-state index in [1.54, 1.807) is 7.11 Å². The van der Waals surface area contributed by atoms with E-state index >= 15 is 0 Å². The van der Waals surface area contributed by atoms with Crippen LogP contribution in [-0.4, -0.2) is 30.9 Å². The van der Waals surface area contributed by atoms with Crippen molar-refractivity contribution in [3.63, 3.8) is 0 Å². The summed E-state index contributed by atoms with van der Waals surface area (Å²) in [6, 6.07) is 9.18. The minimum Gasteiger partial charge on any atom is -0.497 e. The number of nitrogens with one attached hydrogen (secondary N) is 1. The summed E-state index contributed by atoms with van der Waals surface area (Å²) in [5.41, 5.74) is 1.39. The van der Waals surface area contributed by atoms with Gasteiger partial charge in [-0.25, -0.2) is 0 Å². The van der Waals surface area contributed by atoms with E-state index in [2.05, 4.69) is 24.4 Å². The van der Waals surface area contributed by atoms with Gasteiger partial charge in [-0.05, 0) is 42.9 Å². The predicted molar refractivity (Wildman–Crippen MR) is 73.1 cm³/mol. The number of hydrogen-bond donors (Lipinski definition) is 2. The van der Waals surface area contributed by atoms with Gasteiger partial charge >= 0.3 is 0 Å². The molecule has 1 atom stereocenters. The second kappa shape index (κ2) is 6.21. The van der Waals surface area contributed by atoms with Crippen molar-refractivity contribution < 1.29 is 9.84 Å². The highest BCUT2D eigenvalue weighted by atomic mass is 16.5. The van der Waals surface area contributed by atoms with E-state index in [1.165, 1.54) is 18.4 Å². The zero-order valence-electron chi connectivity index (χ0n) is 11.2. The lowest BCUT2D eigenvalue weighted by Crippen LogP contribution is -2.46. The molecule has 1 saturated carbocycles. The van der Waals surface area contributed by atoms with E-state index in [0.29, 0.717) is 12.0 Å². The Bertz CT molecular complexity index is 353. The first-order valence-corrected chi connectivity index (χ1v) is 6.77. The van der Waals surface area contributed by atoms with Gasteiger partial charge in [-0.15, -0.1) is 0 Å². The van der Waals surface area contributed by atoms with Gasteiger partial charge in [0, 0.05) is 12.1 Å². The van der Waals surface area contributed by atoms with Gasteiger partial charge in [-0.2, -0.15) is 0 Å². The fourth-order valence-corrected chi connectivity index (χ4v) is 2.54. The van der Waals surface area contributed by atoms with Crippen molar-refractivity contribution in [3.8, 4) is 5.75 Å². The van der Waals surface area contributed by atoms with Gasteiger partial charge in [-0.3, -0.25) is 0 Å². The molecule has 0 heterocycles. The fraction of sp³-hybridized carbons (Fsp3) is 0.600. The first kappa shape index (κ1) is 13.4. The number of benzene rings is 1. The molecule has 1 aromatic carbocycles. The van der Waals surface area contributed by atoms with Crippen molar-refractivity contribution in [2.75, 3.05) is 13.7 Å². The monoisotopic (exact) mass is 249 g/mol.